The highest BCUT2D eigenvalue weighted by atomic mass is 32.1. The summed E-state index contributed by atoms with van der Waals surface area (Å²) in [5.41, 5.74) is 2.37. The Balaban J connectivity index is 2.41. The summed E-state index contributed by atoms with van der Waals surface area (Å²) in [6.07, 6.45) is 2.10. The Kier molecular flexibility index (Phi) is 3.95. The molecule has 0 aliphatic heterocycles. The second kappa shape index (κ2) is 5.33. The third-order valence-electron chi connectivity index (χ3n) is 3.39. The molecule has 0 N–H and O–H groups in total. The van der Waals surface area contributed by atoms with E-state index < -0.39 is 0 Å². The van der Waals surface area contributed by atoms with Crippen molar-refractivity contribution in [2.45, 2.75) is 46.1 Å². The van der Waals surface area contributed by atoms with E-state index in [1.807, 2.05) is 3.96 Å². The van der Waals surface area contributed by atoms with Crippen molar-refractivity contribution in [2.24, 2.45) is 0 Å². The number of aromatic nitrogens is 1. The van der Waals surface area contributed by atoms with Gasteiger partial charge in [-0.3, -0.25) is 8.75 Å². The van der Waals surface area contributed by atoms with E-state index >= 15 is 0 Å². The van der Waals surface area contributed by atoms with Gasteiger partial charge in [-0.25, -0.2) is 0 Å². The van der Waals surface area contributed by atoms with Gasteiger partial charge in [0.2, 0.25) is 0 Å². The first kappa shape index (κ1) is 14.1. The van der Waals surface area contributed by atoms with E-state index in [0.717, 1.165) is 23.3 Å². The zero-order valence-corrected chi connectivity index (χ0v) is 12.9. The van der Waals surface area contributed by atoms with Crippen LogP contribution in [0.3, 0.4) is 0 Å². The van der Waals surface area contributed by atoms with Crippen molar-refractivity contribution in [1.82, 2.24) is 3.96 Å². The molecule has 0 bridgehead atoms. The number of hydrogen-bond donors (Lipinski definition) is 0. The lowest BCUT2D eigenvalue weighted by Gasteiger charge is -2.24. The molecule has 2 nitrogen and oxygen atoms in total. The molecule has 0 saturated heterocycles. The largest absolute Gasteiger partial charge is 0.268 e. The van der Waals surface area contributed by atoms with Crippen molar-refractivity contribution in [3.05, 3.63) is 46.2 Å². The summed E-state index contributed by atoms with van der Waals surface area (Å²) in [6.45, 7) is 8.49. The van der Waals surface area contributed by atoms with Crippen LogP contribution in [0.25, 0.3) is 10.4 Å². The monoisotopic (exact) mass is 275 g/mol. The van der Waals surface area contributed by atoms with E-state index in [1.165, 1.54) is 5.56 Å². The molecule has 0 amide bonds. The van der Waals surface area contributed by atoms with E-state index in [2.05, 4.69) is 52.0 Å². The van der Waals surface area contributed by atoms with Crippen molar-refractivity contribution in [3.8, 4) is 10.4 Å². The van der Waals surface area contributed by atoms with E-state index in [1.54, 1.807) is 17.6 Å². The van der Waals surface area contributed by atoms with Crippen molar-refractivity contribution in [3.63, 3.8) is 0 Å². The maximum atomic E-state index is 12.2. The first-order valence-electron chi connectivity index (χ1n) is 6.75. The number of aryl methyl sites for hydroxylation is 1. The molecule has 0 saturated carbocycles. The highest BCUT2D eigenvalue weighted by molar-refractivity contribution is 7.10. The van der Waals surface area contributed by atoms with Crippen molar-refractivity contribution >= 4 is 11.5 Å². The van der Waals surface area contributed by atoms with Crippen LogP contribution < -0.4 is 5.56 Å². The lowest BCUT2D eigenvalue weighted by Crippen LogP contribution is -2.31. The van der Waals surface area contributed by atoms with Crippen molar-refractivity contribution in [1.29, 1.82) is 0 Å². The predicted octanol–water partition coefficient (Wildman–Crippen LogP) is 4.42. The van der Waals surface area contributed by atoms with Gasteiger partial charge in [-0.1, -0.05) is 54.7 Å². The van der Waals surface area contributed by atoms with Gasteiger partial charge in [0, 0.05) is 6.07 Å². The smallest absolute Gasteiger partial charge is 0.261 e. The number of benzene rings is 1. The van der Waals surface area contributed by atoms with E-state index in [9.17, 15) is 4.79 Å². The lowest BCUT2D eigenvalue weighted by atomic mass is 10.00. The van der Waals surface area contributed by atoms with Gasteiger partial charge in [0.15, 0.2) is 0 Å². The van der Waals surface area contributed by atoms with Crippen LogP contribution in [0.4, 0.5) is 0 Å². The number of nitrogens with zero attached hydrogens (tertiary/aromatic N) is 1. The van der Waals surface area contributed by atoms with Crippen LogP contribution in [-0.2, 0) is 5.54 Å². The standard InChI is InChI=1S/C16H21NOS/c1-5-10-16(3,4)17-15(18)11-14(19-17)13-8-6-12(2)7-9-13/h6-9,11H,5,10H2,1-4H3. The summed E-state index contributed by atoms with van der Waals surface area (Å²) in [5.74, 6) is 0. The Morgan fingerprint density at radius 2 is 1.84 bits per heavy atom. The molecule has 2 aromatic rings. The molecule has 1 aromatic heterocycles. The molecule has 2 rings (SSSR count). The summed E-state index contributed by atoms with van der Waals surface area (Å²) >= 11 is 1.57. The molecule has 0 unspecified atom stereocenters. The van der Waals surface area contributed by atoms with Crippen LogP contribution in [0.2, 0.25) is 0 Å². The van der Waals surface area contributed by atoms with Gasteiger partial charge >= 0.3 is 0 Å². The summed E-state index contributed by atoms with van der Waals surface area (Å²) in [5, 5.41) is 0. The third-order valence-corrected chi connectivity index (χ3v) is 4.80. The summed E-state index contributed by atoms with van der Waals surface area (Å²) in [7, 11) is 0. The molecular formula is C16H21NOS. The van der Waals surface area contributed by atoms with Gasteiger partial charge < -0.3 is 0 Å². The highest BCUT2D eigenvalue weighted by Crippen LogP contribution is 2.29. The minimum Gasteiger partial charge on any atom is -0.268 e. The molecule has 0 aliphatic carbocycles. The highest BCUT2D eigenvalue weighted by Gasteiger charge is 2.22. The average molecular weight is 275 g/mol. The average Bonchev–Trinajstić information content (AvgIpc) is 2.73. The third kappa shape index (κ3) is 2.98. The maximum Gasteiger partial charge on any atom is 0.261 e. The Hall–Kier alpha value is -1.35. The zero-order valence-electron chi connectivity index (χ0n) is 12.1. The second-order valence-corrected chi connectivity index (χ2v) is 6.65. The maximum absolute atomic E-state index is 12.2. The first-order valence-corrected chi connectivity index (χ1v) is 7.52. The van der Waals surface area contributed by atoms with Crippen LogP contribution in [0.15, 0.2) is 35.1 Å². The lowest BCUT2D eigenvalue weighted by molar-refractivity contribution is 0.341. The molecule has 0 radical (unpaired) electrons. The van der Waals surface area contributed by atoms with Gasteiger partial charge in [0.05, 0.1) is 10.4 Å². The van der Waals surface area contributed by atoms with Gasteiger partial charge in [-0.15, -0.1) is 0 Å². The minimum absolute atomic E-state index is 0.0978. The van der Waals surface area contributed by atoms with Gasteiger partial charge in [-0.05, 0) is 32.8 Å². The molecule has 19 heavy (non-hydrogen) atoms. The Morgan fingerprint density at radius 1 is 1.21 bits per heavy atom. The molecular weight excluding hydrogens is 254 g/mol. The number of hydrogen-bond acceptors (Lipinski definition) is 2. The Bertz CT molecular complexity index is 604. The van der Waals surface area contributed by atoms with Crippen LogP contribution in [0.1, 0.15) is 39.2 Å². The topological polar surface area (TPSA) is 22.0 Å². The SMILES string of the molecule is CCCC(C)(C)n1sc(-c2ccc(C)cc2)cc1=O. The zero-order chi connectivity index (χ0) is 14.0. The molecule has 1 aromatic carbocycles. The van der Waals surface area contributed by atoms with Crippen LogP contribution >= 0.6 is 11.5 Å². The normalized spacial score (nSPS) is 11.8. The van der Waals surface area contributed by atoms with E-state index in [-0.39, 0.29) is 11.1 Å². The fourth-order valence-corrected chi connectivity index (χ4v) is 3.40. The fraction of sp³-hybridized carbons (Fsp3) is 0.438. The number of rotatable bonds is 4. The molecule has 102 valence electrons. The van der Waals surface area contributed by atoms with Crippen LogP contribution in [-0.4, -0.2) is 3.96 Å². The molecule has 0 atom stereocenters. The summed E-state index contributed by atoms with van der Waals surface area (Å²) in [6, 6.07) is 10.1. The fourth-order valence-electron chi connectivity index (χ4n) is 2.33. The van der Waals surface area contributed by atoms with Crippen LogP contribution in [0, 0.1) is 6.92 Å². The minimum atomic E-state index is -0.0978. The van der Waals surface area contributed by atoms with Crippen LogP contribution in [0.5, 0.6) is 0 Å². The van der Waals surface area contributed by atoms with Crippen molar-refractivity contribution < 1.29 is 0 Å². The quantitative estimate of drug-likeness (QED) is 0.809. The van der Waals surface area contributed by atoms with Crippen molar-refractivity contribution in [2.75, 3.05) is 0 Å². The molecule has 0 spiro atoms. The van der Waals surface area contributed by atoms with Gasteiger partial charge in [-0.2, -0.15) is 0 Å². The Morgan fingerprint density at radius 3 is 2.42 bits per heavy atom. The van der Waals surface area contributed by atoms with Gasteiger partial charge in [0.25, 0.3) is 5.56 Å². The molecule has 0 fully saturated rings. The van der Waals surface area contributed by atoms with E-state index in [0.29, 0.717) is 0 Å². The summed E-state index contributed by atoms with van der Waals surface area (Å²) < 4.78 is 1.91. The predicted molar refractivity (Wildman–Crippen MR) is 83.0 cm³/mol. The molecule has 0 aliphatic rings. The first-order chi connectivity index (χ1) is 8.94. The second-order valence-electron chi connectivity index (χ2n) is 5.66. The van der Waals surface area contributed by atoms with E-state index in [4.69, 9.17) is 0 Å². The Labute approximate surface area is 118 Å². The summed E-state index contributed by atoms with van der Waals surface area (Å²) in [4.78, 5) is 13.2. The molecule has 3 heteroatoms. The van der Waals surface area contributed by atoms with Gasteiger partial charge in [0.1, 0.15) is 0 Å². The molecule has 1 heterocycles.